The standard InChI is InChI=1S/C17H25N7O3/c1-11(2)27-16-7-14(20-17(18)21-16)23-4-5-24-13(9-23)6-12(22-24)8-19-15(25)10-26-3/h6-7,11H,4-5,8-10H2,1-3H3,(H,19,25)(H2,18,20,21). The molecule has 0 bridgehead atoms. The van der Waals surface area contributed by atoms with Gasteiger partial charge in [0.1, 0.15) is 12.4 Å². The van der Waals surface area contributed by atoms with Gasteiger partial charge in [-0.15, -0.1) is 0 Å². The van der Waals surface area contributed by atoms with E-state index >= 15 is 0 Å². The molecule has 10 heteroatoms. The number of methoxy groups -OCH3 is 1. The zero-order valence-electron chi connectivity index (χ0n) is 15.8. The quantitative estimate of drug-likeness (QED) is 0.710. The topological polar surface area (TPSA) is 120 Å². The Balaban J connectivity index is 1.69. The number of hydrogen-bond acceptors (Lipinski definition) is 8. The van der Waals surface area contributed by atoms with E-state index in [-0.39, 0.29) is 24.6 Å². The number of hydrogen-bond donors (Lipinski definition) is 2. The minimum absolute atomic E-state index is 0.00538. The number of rotatable bonds is 7. The third-order valence-electron chi connectivity index (χ3n) is 3.98. The number of nitrogens with two attached hydrogens (primary N) is 1. The molecule has 0 atom stereocenters. The number of amides is 1. The molecule has 0 saturated heterocycles. The fraction of sp³-hybridized carbons (Fsp3) is 0.529. The van der Waals surface area contributed by atoms with Crippen LogP contribution in [0.5, 0.6) is 5.88 Å². The maximum Gasteiger partial charge on any atom is 0.246 e. The molecule has 0 fully saturated rings. The number of carbonyl (C=O) groups is 1. The molecule has 2 aromatic rings. The van der Waals surface area contributed by atoms with Crippen molar-refractivity contribution in [3.05, 3.63) is 23.5 Å². The monoisotopic (exact) mass is 375 g/mol. The summed E-state index contributed by atoms with van der Waals surface area (Å²) in [6.45, 7) is 6.37. The van der Waals surface area contributed by atoms with Crippen LogP contribution in [0.2, 0.25) is 0 Å². The zero-order chi connectivity index (χ0) is 19.4. The third kappa shape index (κ3) is 4.85. The van der Waals surface area contributed by atoms with Gasteiger partial charge in [0.2, 0.25) is 17.7 Å². The van der Waals surface area contributed by atoms with Crippen LogP contribution >= 0.6 is 0 Å². The number of carbonyl (C=O) groups excluding carboxylic acids is 1. The Kier molecular flexibility index (Phi) is 5.75. The second-order valence-corrected chi connectivity index (χ2v) is 6.57. The Bertz CT molecular complexity index is 806. The Morgan fingerprint density at radius 2 is 2.15 bits per heavy atom. The molecule has 2 aromatic heterocycles. The van der Waals surface area contributed by atoms with Gasteiger partial charge in [0, 0.05) is 19.7 Å². The number of fused-ring (bicyclic) bond motifs is 1. The summed E-state index contributed by atoms with van der Waals surface area (Å²) in [5.74, 6) is 1.21. The first-order chi connectivity index (χ1) is 12.9. The summed E-state index contributed by atoms with van der Waals surface area (Å²) in [5, 5.41) is 7.32. The molecule has 27 heavy (non-hydrogen) atoms. The molecule has 0 aliphatic carbocycles. The number of ether oxygens (including phenoxy) is 2. The smallest absolute Gasteiger partial charge is 0.246 e. The molecule has 0 aromatic carbocycles. The van der Waals surface area contributed by atoms with E-state index in [9.17, 15) is 4.79 Å². The van der Waals surface area contributed by atoms with Gasteiger partial charge in [-0.25, -0.2) is 0 Å². The first-order valence-corrected chi connectivity index (χ1v) is 8.82. The van der Waals surface area contributed by atoms with Gasteiger partial charge in [0.25, 0.3) is 0 Å². The Morgan fingerprint density at radius 3 is 2.89 bits per heavy atom. The second kappa shape index (κ2) is 8.21. The van der Waals surface area contributed by atoms with Crippen LogP contribution in [0, 0.1) is 0 Å². The molecule has 0 saturated carbocycles. The van der Waals surface area contributed by atoms with Crippen molar-refractivity contribution in [3.8, 4) is 5.88 Å². The average Bonchev–Trinajstić information content (AvgIpc) is 3.01. The van der Waals surface area contributed by atoms with E-state index in [0.717, 1.165) is 23.8 Å². The number of anilines is 2. The number of aromatic nitrogens is 4. The highest BCUT2D eigenvalue weighted by Gasteiger charge is 2.21. The molecule has 3 heterocycles. The highest BCUT2D eigenvalue weighted by atomic mass is 16.5. The van der Waals surface area contributed by atoms with Gasteiger partial charge in [-0.3, -0.25) is 9.48 Å². The van der Waals surface area contributed by atoms with Crippen molar-refractivity contribution < 1.29 is 14.3 Å². The average molecular weight is 375 g/mol. The Labute approximate surface area is 157 Å². The summed E-state index contributed by atoms with van der Waals surface area (Å²) in [5.41, 5.74) is 7.69. The molecule has 3 rings (SSSR count). The minimum Gasteiger partial charge on any atom is -0.475 e. The Hall–Kier alpha value is -2.88. The molecular formula is C17H25N7O3. The molecule has 1 amide bonds. The lowest BCUT2D eigenvalue weighted by Gasteiger charge is -2.28. The summed E-state index contributed by atoms with van der Waals surface area (Å²) in [6, 6.07) is 3.78. The number of nitrogen functional groups attached to an aromatic ring is 1. The van der Waals surface area contributed by atoms with Gasteiger partial charge in [-0.05, 0) is 19.9 Å². The first-order valence-electron chi connectivity index (χ1n) is 8.82. The largest absolute Gasteiger partial charge is 0.475 e. The summed E-state index contributed by atoms with van der Waals surface area (Å²) in [7, 11) is 1.49. The zero-order valence-corrected chi connectivity index (χ0v) is 15.8. The number of nitrogens with zero attached hydrogens (tertiary/aromatic N) is 5. The van der Waals surface area contributed by atoms with E-state index in [1.54, 1.807) is 6.07 Å². The predicted octanol–water partition coefficient (Wildman–Crippen LogP) is 0.325. The van der Waals surface area contributed by atoms with Crippen LogP contribution < -0.4 is 20.7 Å². The van der Waals surface area contributed by atoms with E-state index in [4.69, 9.17) is 15.2 Å². The second-order valence-electron chi connectivity index (χ2n) is 6.57. The molecule has 0 radical (unpaired) electrons. The normalized spacial score (nSPS) is 13.6. The highest BCUT2D eigenvalue weighted by Crippen LogP contribution is 2.24. The van der Waals surface area contributed by atoms with Crippen molar-refractivity contribution in [3.63, 3.8) is 0 Å². The van der Waals surface area contributed by atoms with Gasteiger partial charge in [0.05, 0.1) is 37.1 Å². The summed E-state index contributed by atoms with van der Waals surface area (Å²) >= 11 is 0. The van der Waals surface area contributed by atoms with Gasteiger partial charge in [-0.1, -0.05) is 0 Å². The van der Waals surface area contributed by atoms with Crippen LogP contribution in [0.25, 0.3) is 0 Å². The summed E-state index contributed by atoms with van der Waals surface area (Å²) in [4.78, 5) is 22.1. The van der Waals surface area contributed by atoms with Crippen LogP contribution in [-0.2, 0) is 29.2 Å². The van der Waals surface area contributed by atoms with Gasteiger partial charge < -0.3 is 25.4 Å². The fourth-order valence-electron chi connectivity index (χ4n) is 2.87. The molecule has 0 unspecified atom stereocenters. The number of nitrogens with one attached hydrogen (secondary N) is 1. The van der Waals surface area contributed by atoms with Crippen molar-refractivity contribution in [1.82, 2.24) is 25.1 Å². The van der Waals surface area contributed by atoms with Crippen LogP contribution in [0.3, 0.4) is 0 Å². The molecule has 146 valence electrons. The summed E-state index contributed by atoms with van der Waals surface area (Å²) in [6.07, 6.45) is 0.00538. The molecule has 10 nitrogen and oxygen atoms in total. The highest BCUT2D eigenvalue weighted by molar-refractivity contribution is 5.77. The molecule has 0 spiro atoms. The van der Waals surface area contributed by atoms with E-state index in [0.29, 0.717) is 25.5 Å². The maximum absolute atomic E-state index is 11.5. The summed E-state index contributed by atoms with van der Waals surface area (Å²) < 4.78 is 12.4. The molecular weight excluding hydrogens is 350 g/mol. The van der Waals surface area contributed by atoms with Gasteiger partial charge >= 0.3 is 0 Å². The van der Waals surface area contributed by atoms with Crippen LogP contribution in [0.15, 0.2) is 12.1 Å². The van der Waals surface area contributed by atoms with Crippen LogP contribution in [0.1, 0.15) is 25.2 Å². The lowest BCUT2D eigenvalue weighted by molar-refractivity contribution is -0.124. The SMILES string of the molecule is COCC(=O)NCc1cc2n(n1)CCN(c1cc(OC(C)C)nc(N)n1)C2. The maximum atomic E-state index is 11.5. The van der Waals surface area contributed by atoms with E-state index in [1.807, 2.05) is 24.6 Å². The predicted molar refractivity (Wildman–Crippen MR) is 99.2 cm³/mol. The fourth-order valence-corrected chi connectivity index (χ4v) is 2.87. The third-order valence-corrected chi connectivity index (χ3v) is 3.98. The van der Waals surface area contributed by atoms with Crippen LogP contribution in [-0.4, -0.2) is 52.0 Å². The van der Waals surface area contributed by atoms with E-state index < -0.39 is 0 Å². The van der Waals surface area contributed by atoms with Gasteiger partial charge in [-0.2, -0.15) is 15.1 Å². The van der Waals surface area contributed by atoms with Crippen molar-refractivity contribution in [2.45, 2.75) is 39.6 Å². The van der Waals surface area contributed by atoms with Crippen molar-refractivity contribution >= 4 is 17.7 Å². The molecule has 1 aliphatic heterocycles. The first kappa shape index (κ1) is 18.9. The van der Waals surface area contributed by atoms with Crippen molar-refractivity contribution in [1.29, 1.82) is 0 Å². The minimum atomic E-state index is -0.167. The lowest BCUT2D eigenvalue weighted by Crippen LogP contribution is -2.34. The molecule has 1 aliphatic rings. The molecule has 3 N–H and O–H groups in total. The van der Waals surface area contributed by atoms with E-state index in [1.165, 1.54) is 7.11 Å². The lowest BCUT2D eigenvalue weighted by atomic mass is 10.2. The van der Waals surface area contributed by atoms with Gasteiger partial charge in [0.15, 0.2) is 0 Å². The van der Waals surface area contributed by atoms with Crippen molar-refractivity contribution in [2.75, 3.05) is 30.9 Å². The van der Waals surface area contributed by atoms with E-state index in [2.05, 4.69) is 25.3 Å². The Morgan fingerprint density at radius 1 is 1.33 bits per heavy atom. The van der Waals surface area contributed by atoms with Crippen molar-refractivity contribution in [2.24, 2.45) is 0 Å². The van der Waals surface area contributed by atoms with Crippen LogP contribution in [0.4, 0.5) is 11.8 Å².